The average molecular weight is 405 g/mol. The number of amides is 1. The van der Waals surface area contributed by atoms with E-state index in [1.54, 1.807) is 0 Å². The monoisotopic (exact) mass is 405 g/mol. The maximum Gasteiger partial charge on any atom is 0.231 e. The van der Waals surface area contributed by atoms with Crippen molar-refractivity contribution in [2.45, 2.75) is 10.9 Å². The summed E-state index contributed by atoms with van der Waals surface area (Å²) in [5, 5.41) is 3.17. The summed E-state index contributed by atoms with van der Waals surface area (Å²) >= 11 is 1.47. The molecule has 2 aliphatic heterocycles. The van der Waals surface area contributed by atoms with Crippen LogP contribution in [0.3, 0.4) is 0 Å². The van der Waals surface area contributed by atoms with Gasteiger partial charge in [0.05, 0.1) is 11.8 Å². The minimum atomic E-state index is -0.232. The van der Waals surface area contributed by atoms with Crippen molar-refractivity contribution in [2.75, 3.05) is 19.0 Å². The fourth-order valence-corrected chi connectivity index (χ4v) is 4.27. The molecule has 5 rings (SSSR count). The molecule has 5 nitrogen and oxygen atoms in total. The Morgan fingerprint density at radius 1 is 0.862 bits per heavy atom. The molecule has 0 bridgehead atoms. The highest BCUT2D eigenvalue weighted by Gasteiger charge is 2.28. The number of nitrogens with one attached hydrogen (secondary N) is 1. The van der Waals surface area contributed by atoms with Gasteiger partial charge >= 0.3 is 0 Å². The molecule has 3 aromatic rings. The molecule has 0 spiro atoms. The lowest BCUT2D eigenvalue weighted by molar-refractivity contribution is -0.119. The zero-order chi connectivity index (χ0) is 19.6. The zero-order valence-corrected chi connectivity index (χ0v) is 16.4. The number of para-hydroxylation sites is 2. The first-order valence-corrected chi connectivity index (χ1v) is 10.4. The van der Waals surface area contributed by atoms with Crippen molar-refractivity contribution in [3.8, 4) is 23.0 Å². The van der Waals surface area contributed by atoms with E-state index in [0.717, 1.165) is 39.0 Å². The van der Waals surface area contributed by atoms with Crippen LogP contribution in [0.15, 0.2) is 71.6 Å². The number of fused-ring (bicyclic) bond motifs is 3. The predicted molar refractivity (Wildman–Crippen MR) is 111 cm³/mol. The molecule has 0 unspecified atom stereocenters. The number of carbonyl (C=O) groups is 1. The van der Waals surface area contributed by atoms with Gasteiger partial charge < -0.3 is 19.5 Å². The lowest BCUT2D eigenvalue weighted by Gasteiger charge is -2.28. The van der Waals surface area contributed by atoms with Crippen molar-refractivity contribution in [1.29, 1.82) is 0 Å². The van der Waals surface area contributed by atoms with Gasteiger partial charge in [-0.25, -0.2) is 0 Å². The van der Waals surface area contributed by atoms with E-state index >= 15 is 0 Å². The number of carbonyl (C=O) groups excluding carboxylic acids is 1. The molecule has 0 radical (unpaired) electrons. The Hall–Kier alpha value is -3.12. The standard InChI is InChI=1S/C23H19NO4S/c25-22(14-29-15-9-10-20-21(13-15)27-12-11-26-20)24-23-16-5-1-3-7-18(16)28-19-8-4-2-6-17(19)23/h1-10,13,23H,11-12,14H2,(H,24,25). The van der Waals surface area contributed by atoms with E-state index in [2.05, 4.69) is 5.32 Å². The van der Waals surface area contributed by atoms with Crippen LogP contribution in [0.1, 0.15) is 17.2 Å². The van der Waals surface area contributed by atoms with Crippen molar-refractivity contribution in [3.63, 3.8) is 0 Å². The number of thioether (sulfide) groups is 1. The number of hydrogen-bond donors (Lipinski definition) is 1. The van der Waals surface area contributed by atoms with E-state index in [-0.39, 0.29) is 11.9 Å². The highest BCUT2D eigenvalue weighted by Crippen LogP contribution is 2.42. The van der Waals surface area contributed by atoms with Gasteiger partial charge in [0.25, 0.3) is 0 Å². The first-order valence-electron chi connectivity index (χ1n) is 9.45. The van der Waals surface area contributed by atoms with Crippen LogP contribution in [0.25, 0.3) is 0 Å². The van der Waals surface area contributed by atoms with E-state index in [0.29, 0.717) is 19.0 Å². The summed E-state index contributed by atoms with van der Waals surface area (Å²) in [6.07, 6.45) is 0. The van der Waals surface area contributed by atoms with E-state index in [9.17, 15) is 4.79 Å². The summed E-state index contributed by atoms with van der Waals surface area (Å²) in [4.78, 5) is 13.7. The summed E-state index contributed by atoms with van der Waals surface area (Å²) in [7, 11) is 0. The molecular weight excluding hydrogens is 386 g/mol. The lowest BCUT2D eigenvalue weighted by Crippen LogP contribution is -2.32. The lowest BCUT2D eigenvalue weighted by atomic mass is 9.94. The van der Waals surface area contributed by atoms with Crippen molar-refractivity contribution >= 4 is 17.7 Å². The second kappa shape index (κ2) is 7.72. The fourth-order valence-electron chi connectivity index (χ4n) is 3.53. The molecule has 0 fully saturated rings. The second-order valence-corrected chi connectivity index (χ2v) is 7.82. The molecule has 0 aromatic heterocycles. The van der Waals surface area contributed by atoms with E-state index in [1.165, 1.54) is 11.8 Å². The summed E-state index contributed by atoms with van der Waals surface area (Å²) < 4.78 is 17.2. The molecule has 1 N–H and O–H groups in total. The summed E-state index contributed by atoms with van der Waals surface area (Å²) in [5.41, 5.74) is 1.92. The smallest absolute Gasteiger partial charge is 0.231 e. The average Bonchev–Trinajstić information content (AvgIpc) is 2.77. The molecular formula is C23H19NO4S. The predicted octanol–water partition coefficient (Wildman–Crippen LogP) is 4.56. The fraction of sp³-hybridized carbons (Fsp3) is 0.174. The van der Waals surface area contributed by atoms with E-state index in [1.807, 2.05) is 66.7 Å². The van der Waals surface area contributed by atoms with Gasteiger partial charge in [-0.1, -0.05) is 36.4 Å². The summed E-state index contributed by atoms with van der Waals surface area (Å²) in [6, 6.07) is 21.1. The van der Waals surface area contributed by atoms with Crippen molar-refractivity contribution < 1.29 is 19.0 Å². The van der Waals surface area contributed by atoms with E-state index < -0.39 is 0 Å². The molecule has 3 aromatic carbocycles. The van der Waals surface area contributed by atoms with Crippen LogP contribution < -0.4 is 19.5 Å². The van der Waals surface area contributed by atoms with Crippen molar-refractivity contribution in [2.24, 2.45) is 0 Å². The normalized spacial score (nSPS) is 14.3. The first kappa shape index (κ1) is 17.9. The Labute approximate surface area is 173 Å². The van der Waals surface area contributed by atoms with Crippen LogP contribution in [0.5, 0.6) is 23.0 Å². The van der Waals surface area contributed by atoms with Gasteiger partial charge in [-0.3, -0.25) is 4.79 Å². The zero-order valence-electron chi connectivity index (χ0n) is 15.6. The van der Waals surface area contributed by atoms with E-state index in [4.69, 9.17) is 14.2 Å². The Bertz CT molecular complexity index is 1020. The maximum atomic E-state index is 12.8. The highest BCUT2D eigenvalue weighted by atomic mass is 32.2. The summed E-state index contributed by atoms with van der Waals surface area (Å²) in [6.45, 7) is 1.11. The molecule has 146 valence electrons. The molecule has 6 heteroatoms. The highest BCUT2D eigenvalue weighted by molar-refractivity contribution is 8.00. The molecule has 0 aliphatic carbocycles. The van der Waals surface area contributed by atoms with Crippen LogP contribution >= 0.6 is 11.8 Å². The maximum absolute atomic E-state index is 12.8. The van der Waals surface area contributed by atoms with Gasteiger partial charge in [0.2, 0.25) is 5.91 Å². The Morgan fingerprint density at radius 2 is 1.52 bits per heavy atom. The second-order valence-electron chi connectivity index (χ2n) is 6.77. The van der Waals surface area contributed by atoms with Crippen LogP contribution in [-0.2, 0) is 4.79 Å². The third-order valence-electron chi connectivity index (χ3n) is 4.87. The van der Waals surface area contributed by atoms with Crippen molar-refractivity contribution in [3.05, 3.63) is 77.9 Å². The molecule has 0 saturated heterocycles. The molecule has 0 atom stereocenters. The number of benzene rings is 3. The summed E-state index contributed by atoms with van der Waals surface area (Å²) in [5.74, 6) is 3.30. The number of ether oxygens (including phenoxy) is 3. The van der Waals surface area contributed by atoms with Gasteiger partial charge in [-0.15, -0.1) is 11.8 Å². The number of rotatable bonds is 4. The Kier molecular flexibility index (Phi) is 4.77. The number of hydrogen-bond acceptors (Lipinski definition) is 5. The quantitative estimate of drug-likeness (QED) is 0.645. The van der Waals surface area contributed by atoms with Crippen LogP contribution in [0.4, 0.5) is 0 Å². The minimum Gasteiger partial charge on any atom is -0.486 e. The molecule has 1 amide bonds. The van der Waals surface area contributed by atoms with Crippen LogP contribution in [0.2, 0.25) is 0 Å². The Balaban J connectivity index is 1.31. The molecule has 2 aliphatic rings. The SMILES string of the molecule is O=C(CSc1ccc2c(c1)OCCO2)NC1c2ccccc2Oc2ccccc21. The topological polar surface area (TPSA) is 56.8 Å². The van der Waals surface area contributed by atoms with Crippen LogP contribution in [0, 0.1) is 0 Å². The van der Waals surface area contributed by atoms with Gasteiger partial charge in [-0.2, -0.15) is 0 Å². The first-order chi connectivity index (χ1) is 14.3. The van der Waals surface area contributed by atoms with Gasteiger partial charge in [0.1, 0.15) is 24.7 Å². The Morgan fingerprint density at radius 3 is 2.24 bits per heavy atom. The minimum absolute atomic E-state index is 0.0404. The molecule has 2 heterocycles. The van der Waals surface area contributed by atoms with Crippen molar-refractivity contribution in [1.82, 2.24) is 5.32 Å². The largest absolute Gasteiger partial charge is 0.486 e. The van der Waals surface area contributed by atoms with Gasteiger partial charge in [0.15, 0.2) is 11.5 Å². The van der Waals surface area contributed by atoms with Gasteiger partial charge in [0, 0.05) is 16.0 Å². The molecule has 29 heavy (non-hydrogen) atoms. The third-order valence-corrected chi connectivity index (χ3v) is 5.86. The third kappa shape index (κ3) is 3.63. The van der Waals surface area contributed by atoms with Crippen LogP contribution in [-0.4, -0.2) is 24.9 Å². The van der Waals surface area contributed by atoms with Gasteiger partial charge in [-0.05, 0) is 30.3 Å². The molecule has 0 saturated carbocycles.